The Bertz CT molecular complexity index is 998. The van der Waals surface area contributed by atoms with Gasteiger partial charge in [-0.25, -0.2) is 4.39 Å². The van der Waals surface area contributed by atoms with Crippen LogP contribution in [0.25, 0.3) is 17.2 Å². The number of alkyl halides is 3. The minimum Gasteiger partial charge on any atom is -0.406 e. The number of allylic oxidation sites excluding steroid dienone is 1. The Balaban J connectivity index is 1.34. The third-order valence-corrected chi connectivity index (χ3v) is 7.76. The SMILES string of the molecule is CCCCCC1CCC(CCC2=Cc3cc(F)c(-c4ccc(OC(F)(F)F)cc4)cc3CC2)CC1. The van der Waals surface area contributed by atoms with E-state index in [0.29, 0.717) is 11.1 Å². The molecule has 0 saturated heterocycles. The first-order valence-electron chi connectivity index (χ1n) is 13.2. The Morgan fingerprint density at radius 3 is 2.23 bits per heavy atom. The summed E-state index contributed by atoms with van der Waals surface area (Å²) in [6, 6.07) is 8.79. The topological polar surface area (TPSA) is 9.23 Å². The average molecular weight is 489 g/mol. The molecule has 0 aromatic heterocycles. The molecule has 2 aliphatic carbocycles. The van der Waals surface area contributed by atoms with Gasteiger partial charge in [0.25, 0.3) is 0 Å². The van der Waals surface area contributed by atoms with E-state index in [2.05, 4.69) is 17.7 Å². The van der Waals surface area contributed by atoms with Crippen molar-refractivity contribution >= 4 is 6.08 Å². The van der Waals surface area contributed by atoms with Crippen molar-refractivity contribution in [3.8, 4) is 16.9 Å². The summed E-state index contributed by atoms with van der Waals surface area (Å²) in [4.78, 5) is 0. The molecular formula is C30H36F4O. The fraction of sp³-hybridized carbons (Fsp3) is 0.533. The lowest BCUT2D eigenvalue weighted by molar-refractivity contribution is -0.274. The lowest BCUT2D eigenvalue weighted by Crippen LogP contribution is -2.16. The van der Waals surface area contributed by atoms with E-state index in [0.717, 1.165) is 42.2 Å². The lowest BCUT2D eigenvalue weighted by atomic mass is 9.77. The van der Waals surface area contributed by atoms with Crippen LogP contribution in [0.3, 0.4) is 0 Å². The summed E-state index contributed by atoms with van der Waals surface area (Å²) in [6.07, 6.45) is 12.5. The number of unbranched alkanes of at least 4 members (excludes halogenated alkanes) is 2. The highest BCUT2D eigenvalue weighted by atomic mass is 19.4. The van der Waals surface area contributed by atoms with Crippen LogP contribution in [0.15, 0.2) is 42.0 Å². The highest BCUT2D eigenvalue weighted by molar-refractivity contribution is 5.70. The molecule has 0 N–H and O–H groups in total. The van der Waals surface area contributed by atoms with Crippen LogP contribution in [0.5, 0.6) is 5.75 Å². The molecule has 35 heavy (non-hydrogen) atoms. The van der Waals surface area contributed by atoms with E-state index in [-0.39, 0.29) is 11.6 Å². The van der Waals surface area contributed by atoms with Gasteiger partial charge in [-0.15, -0.1) is 13.2 Å². The van der Waals surface area contributed by atoms with Gasteiger partial charge in [0.05, 0.1) is 0 Å². The van der Waals surface area contributed by atoms with Crippen molar-refractivity contribution in [1.29, 1.82) is 0 Å². The van der Waals surface area contributed by atoms with Gasteiger partial charge in [-0.05, 0) is 78.5 Å². The summed E-state index contributed by atoms with van der Waals surface area (Å²) in [5.41, 5.74) is 4.38. The predicted molar refractivity (Wildman–Crippen MR) is 134 cm³/mol. The maximum absolute atomic E-state index is 14.9. The van der Waals surface area contributed by atoms with Crippen LogP contribution in [0, 0.1) is 17.7 Å². The van der Waals surface area contributed by atoms with Gasteiger partial charge in [0.15, 0.2) is 0 Å². The average Bonchev–Trinajstić information content (AvgIpc) is 2.83. The molecule has 0 heterocycles. The number of halogens is 4. The molecule has 0 spiro atoms. The van der Waals surface area contributed by atoms with Crippen LogP contribution in [-0.2, 0) is 6.42 Å². The van der Waals surface area contributed by atoms with Crippen LogP contribution in [-0.4, -0.2) is 6.36 Å². The minimum atomic E-state index is -4.74. The first-order chi connectivity index (χ1) is 16.8. The van der Waals surface area contributed by atoms with Gasteiger partial charge in [-0.3, -0.25) is 0 Å². The molecule has 1 nitrogen and oxygen atoms in total. The molecule has 2 aromatic carbocycles. The summed E-state index contributed by atoms with van der Waals surface area (Å²) >= 11 is 0. The molecule has 1 saturated carbocycles. The monoisotopic (exact) mass is 488 g/mol. The number of aryl methyl sites for hydroxylation is 1. The van der Waals surface area contributed by atoms with E-state index in [1.165, 1.54) is 87.6 Å². The van der Waals surface area contributed by atoms with E-state index < -0.39 is 6.36 Å². The second kappa shape index (κ2) is 11.6. The number of fused-ring (bicyclic) bond motifs is 1. The highest BCUT2D eigenvalue weighted by Crippen LogP contribution is 2.37. The summed E-state index contributed by atoms with van der Waals surface area (Å²) in [5, 5.41) is 0. The van der Waals surface area contributed by atoms with E-state index in [4.69, 9.17) is 0 Å². The molecular weight excluding hydrogens is 452 g/mol. The van der Waals surface area contributed by atoms with Crippen LogP contribution < -0.4 is 4.74 Å². The quantitative estimate of drug-likeness (QED) is 0.252. The van der Waals surface area contributed by atoms with E-state index >= 15 is 0 Å². The van der Waals surface area contributed by atoms with Crippen LogP contribution in [0.2, 0.25) is 0 Å². The van der Waals surface area contributed by atoms with Crippen LogP contribution in [0.1, 0.15) is 88.7 Å². The molecule has 0 atom stereocenters. The Hall–Kier alpha value is -2.30. The second-order valence-corrected chi connectivity index (χ2v) is 10.3. The van der Waals surface area contributed by atoms with Crippen molar-refractivity contribution in [1.82, 2.24) is 0 Å². The first-order valence-corrected chi connectivity index (χ1v) is 13.2. The molecule has 5 heteroatoms. The molecule has 4 rings (SSSR count). The molecule has 190 valence electrons. The number of hydrogen-bond donors (Lipinski definition) is 0. The van der Waals surface area contributed by atoms with Crippen molar-refractivity contribution in [3.63, 3.8) is 0 Å². The third kappa shape index (κ3) is 7.35. The molecule has 2 aliphatic rings. The number of hydrogen-bond acceptors (Lipinski definition) is 1. The van der Waals surface area contributed by atoms with Gasteiger partial charge in [0.2, 0.25) is 0 Å². The maximum atomic E-state index is 14.9. The van der Waals surface area contributed by atoms with Crippen molar-refractivity contribution in [3.05, 3.63) is 58.9 Å². The van der Waals surface area contributed by atoms with E-state index in [1.807, 2.05) is 6.07 Å². The maximum Gasteiger partial charge on any atom is 0.573 e. The van der Waals surface area contributed by atoms with Gasteiger partial charge in [-0.2, -0.15) is 0 Å². The normalized spacial score (nSPS) is 20.3. The van der Waals surface area contributed by atoms with Gasteiger partial charge in [0.1, 0.15) is 11.6 Å². The lowest BCUT2D eigenvalue weighted by Gasteiger charge is -2.29. The zero-order chi connectivity index (χ0) is 24.8. The number of benzene rings is 2. The van der Waals surface area contributed by atoms with Gasteiger partial charge in [0, 0.05) is 5.56 Å². The summed E-state index contributed by atoms with van der Waals surface area (Å²) in [6.45, 7) is 2.27. The summed E-state index contributed by atoms with van der Waals surface area (Å²) < 4.78 is 56.0. The van der Waals surface area contributed by atoms with Crippen LogP contribution >= 0.6 is 0 Å². The predicted octanol–water partition coefficient (Wildman–Crippen LogP) is 9.89. The van der Waals surface area contributed by atoms with Gasteiger partial charge >= 0.3 is 6.36 Å². The molecule has 2 aromatic rings. The van der Waals surface area contributed by atoms with Crippen molar-refractivity contribution < 1.29 is 22.3 Å². The molecule has 0 aliphatic heterocycles. The summed E-state index contributed by atoms with van der Waals surface area (Å²) in [7, 11) is 0. The van der Waals surface area contributed by atoms with Crippen LogP contribution in [0.4, 0.5) is 17.6 Å². The fourth-order valence-corrected chi connectivity index (χ4v) is 5.71. The molecule has 0 bridgehead atoms. The zero-order valence-corrected chi connectivity index (χ0v) is 20.6. The van der Waals surface area contributed by atoms with Gasteiger partial charge in [-0.1, -0.05) is 82.1 Å². The number of ether oxygens (including phenoxy) is 1. The Morgan fingerprint density at radius 2 is 1.57 bits per heavy atom. The van der Waals surface area contributed by atoms with Crippen molar-refractivity contribution in [2.24, 2.45) is 11.8 Å². The minimum absolute atomic E-state index is 0.308. The Kier molecular flexibility index (Phi) is 8.56. The molecule has 0 amide bonds. The summed E-state index contributed by atoms with van der Waals surface area (Å²) in [5.74, 6) is 1.09. The van der Waals surface area contributed by atoms with Gasteiger partial charge < -0.3 is 4.74 Å². The fourth-order valence-electron chi connectivity index (χ4n) is 5.71. The number of rotatable bonds is 9. The molecule has 1 fully saturated rings. The highest BCUT2D eigenvalue weighted by Gasteiger charge is 2.31. The zero-order valence-electron chi connectivity index (χ0n) is 20.6. The van der Waals surface area contributed by atoms with Crippen molar-refractivity contribution in [2.75, 3.05) is 0 Å². The standard InChI is InChI=1S/C30H36F4O/c1-2-3-4-5-21-6-8-22(9-7-21)10-11-23-12-13-25-19-28(29(31)20-26(25)18-23)24-14-16-27(17-15-24)35-30(32,33)34/h14-22H,2-13H2,1H3. The molecule has 0 unspecified atom stereocenters. The molecule has 0 radical (unpaired) electrons. The largest absolute Gasteiger partial charge is 0.573 e. The Labute approximate surface area is 206 Å². The Morgan fingerprint density at radius 1 is 0.886 bits per heavy atom. The second-order valence-electron chi connectivity index (χ2n) is 10.3. The smallest absolute Gasteiger partial charge is 0.406 e. The van der Waals surface area contributed by atoms with E-state index in [9.17, 15) is 17.6 Å². The first kappa shape index (κ1) is 25.8. The van der Waals surface area contributed by atoms with Crippen molar-refractivity contribution in [2.45, 2.75) is 90.3 Å². The third-order valence-electron chi connectivity index (χ3n) is 7.76. The van der Waals surface area contributed by atoms with E-state index in [1.54, 1.807) is 6.07 Å².